The van der Waals surface area contributed by atoms with Crippen molar-refractivity contribution >= 4 is 24.2 Å². The molecule has 18 heavy (non-hydrogen) atoms. The lowest BCUT2D eigenvalue weighted by Crippen LogP contribution is -2.56. The number of rotatable bonds is 5. The molecule has 1 fully saturated rings. The lowest BCUT2D eigenvalue weighted by atomic mass is 10.1. The number of nitrogens with zero attached hydrogens (tertiary/aromatic N) is 2. The molecule has 0 aromatic rings. The van der Waals surface area contributed by atoms with Crippen LogP contribution in [-0.4, -0.2) is 72.6 Å². The van der Waals surface area contributed by atoms with E-state index in [1.54, 1.807) is 11.9 Å². The number of aliphatic hydroxyl groups excluding tert-OH is 1. The van der Waals surface area contributed by atoms with E-state index < -0.39 is 6.04 Å². The van der Waals surface area contributed by atoms with Crippen molar-refractivity contribution in [2.75, 3.05) is 39.8 Å². The summed E-state index contributed by atoms with van der Waals surface area (Å²) >= 11 is 0. The topological polar surface area (TPSA) is 72.9 Å². The second-order valence-electron chi connectivity index (χ2n) is 4.17. The van der Waals surface area contributed by atoms with Gasteiger partial charge in [-0.1, -0.05) is 0 Å². The molecule has 0 bridgehead atoms. The molecule has 1 aliphatic rings. The van der Waals surface area contributed by atoms with E-state index in [-0.39, 0.29) is 37.2 Å². The number of nitrogens with one attached hydrogen (secondary N) is 1. The van der Waals surface area contributed by atoms with Crippen LogP contribution in [0.5, 0.6) is 0 Å². The summed E-state index contributed by atoms with van der Waals surface area (Å²) in [5.74, 6) is -0.132. The highest BCUT2D eigenvalue weighted by Crippen LogP contribution is 2.06. The van der Waals surface area contributed by atoms with Gasteiger partial charge in [0, 0.05) is 33.2 Å². The summed E-state index contributed by atoms with van der Waals surface area (Å²) in [6.07, 6.45) is 0.159. The number of aliphatic hydroxyl groups is 1. The molecule has 106 valence electrons. The minimum Gasteiger partial charge on any atom is -0.395 e. The van der Waals surface area contributed by atoms with Crippen molar-refractivity contribution < 1.29 is 14.7 Å². The van der Waals surface area contributed by atoms with Crippen molar-refractivity contribution in [3.05, 3.63) is 0 Å². The molecule has 7 heteroatoms. The van der Waals surface area contributed by atoms with Crippen LogP contribution in [0.1, 0.15) is 13.3 Å². The zero-order valence-corrected chi connectivity index (χ0v) is 11.7. The van der Waals surface area contributed by atoms with E-state index in [9.17, 15) is 9.59 Å². The highest BCUT2D eigenvalue weighted by molar-refractivity contribution is 5.88. The predicted octanol–water partition coefficient (Wildman–Crippen LogP) is -0.931. The lowest BCUT2D eigenvalue weighted by Gasteiger charge is -2.32. The molecule has 2 N–H and O–H groups in total. The van der Waals surface area contributed by atoms with Crippen LogP contribution >= 0.6 is 12.4 Å². The first-order valence-electron chi connectivity index (χ1n) is 5.97. The molecule has 0 aromatic carbocycles. The third-order valence-electron chi connectivity index (χ3n) is 3.00. The average Bonchev–Trinajstić information content (AvgIpc) is 2.32. The molecule has 1 saturated heterocycles. The highest BCUT2D eigenvalue weighted by atomic mass is 35.5. The van der Waals surface area contributed by atoms with Gasteiger partial charge in [-0.25, -0.2) is 0 Å². The summed E-state index contributed by atoms with van der Waals surface area (Å²) in [4.78, 5) is 26.9. The molecule has 0 aromatic heterocycles. The number of carbonyl (C=O) groups is 2. The summed E-state index contributed by atoms with van der Waals surface area (Å²) in [6.45, 7) is 4.28. The van der Waals surface area contributed by atoms with Gasteiger partial charge in [0.05, 0.1) is 19.1 Å². The van der Waals surface area contributed by atoms with Crippen molar-refractivity contribution in [3.63, 3.8) is 0 Å². The Bertz CT molecular complexity index is 289. The zero-order valence-electron chi connectivity index (χ0n) is 10.9. The molecule has 1 unspecified atom stereocenters. The monoisotopic (exact) mass is 279 g/mol. The summed E-state index contributed by atoms with van der Waals surface area (Å²) in [6, 6.07) is -0.419. The van der Waals surface area contributed by atoms with Crippen LogP contribution in [-0.2, 0) is 9.59 Å². The van der Waals surface area contributed by atoms with E-state index in [2.05, 4.69) is 5.32 Å². The lowest BCUT2D eigenvalue weighted by molar-refractivity contribution is -0.140. The van der Waals surface area contributed by atoms with Crippen molar-refractivity contribution in [1.82, 2.24) is 15.1 Å². The highest BCUT2D eigenvalue weighted by Gasteiger charge is 2.29. The van der Waals surface area contributed by atoms with Gasteiger partial charge in [-0.2, -0.15) is 0 Å². The van der Waals surface area contributed by atoms with E-state index in [0.29, 0.717) is 19.6 Å². The SMILES string of the molecule is CCN1CCNC(CC(=O)N(C)CCO)C1=O.Cl. The molecule has 0 saturated carbocycles. The van der Waals surface area contributed by atoms with Crippen LogP contribution in [0.2, 0.25) is 0 Å². The summed E-state index contributed by atoms with van der Waals surface area (Å²) in [7, 11) is 1.63. The number of carbonyl (C=O) groups excluding carboxylic acids is 2. The van der Waals surface area contributed by atoms with E-state index in [0.717, 1.165) is 6.54 Å². The Morgan fingerprint density at radius 3 is 2.83 bits per heavy atom. The molecular weight excluding hydrogens is 258 g/mol. The largest absolute Gasteiger partial charge is 0.395 e. The molecule has 0 aliphatic carbocycles. The van der Waals surface area contributed by atoms with Gasteiger partial charge in [0.15, 0.2) is 0 Å². The van der Waals surface area contributed by atoms with E-state index in [1.165, 1.54) is 4.90 Å². The smallest absolute Gasteiger partial charge is 0.240 e. The van der Waals surface area contributed by atoms with Gasteiger partial charge in [-0.15, -0.1) is 12.4 Å². The van der Waals surface area contributed by atoms with E-state index in [1.807, 2.05) is 6.92 Å². The Morgan fingerprint density at radius 2 is 2.28 bits per heavy atom. The maximum absolute atomic E-state index is 11.9. The van der Waals surface area contributed by atoms with Crippen molar-refractivity contribution in [2.45, 2.75) is 19.4 Å². The van der Waals surface area contributed by atoms with Gasteiger partial charge in [-0.3, -0.25) is 9.59 Å². The number of amides is 2. The number of halogens is 1. The fourth-order valence-electron chi connectivity index (χ4n) is 1.87. The zero-order chi connectivity index (χ0) is 12.8. The number of likely N-dealkylation sites (N-methyl/N-ethyl adjacent to an activating group) is 2. The maximum Gasteiger partial charge on any atom is 0.240 e. The van der Waals surface area contributed by atoms with Crippen LogP contribution in [0.25, 0.3) is 0 Å². The molecule has 2 amide bonds. The summed E-state index contributed by atoms with van der Waals surface area (Å²) in [5.41, 5.74) is 0. The van der Waals surface area contributed by atoms with E-state index in [4.69, 9.17) is 5.11 Å². The Labute approximate surface area is 114 Å². The van der Waals surface area contributed by atoms with Gasteiger partial charge in [0.25, 0.3) is 0 Å². The first-order valence-corrected chi connectivity index (χ1v) is 5.97. The summed E-state index contributed by atoms with van der Waals surface area (Å²) in [5, 5.41) is 11.8. The quantitative estimate of drug-likeness (QED) is 0.682. The fourth-order valence-corrected chi connectivity index (χ4v) is 1.87. The van der Waals surface area contributed by atoms with Gasteiger partial charge in [0.2, 0.25) is 11.8 Å². The van der Waals surface area contributed by atoms with Crippen LogP contribution < -0.4 is 5.32 Å². The maximum atomic E-state index is 11.9. The van der Waals surface area contributed by atoms with Crippen LogP contribution in [0.3, 0.4) is 0 Å². The van der Waals surface area contributed by atoms with Crippen LogP contribution in [0, 0.1) is 0 Å². The summed E-state index contributed by atoms with van der Waals surface area (Å²) < 4.78 is 0. The van der Waals surface area contributed by atoms with Crippen molar-refractivity contribution in [3.8, 4) is 0 Å². The fraction of sp³-hybridized carbons (Fsp3) is 0.818. The molecule has 0 spiro atoms. The van der Waals surface area contributed by atoms with Crippen molar-refractivity contribution in [1.29, 1.82) is 0 Å². The Kier molecular flexibility index (Phi) is 7.90. The van der Waals surface area contributed by atoms with Gasteiger partial charge in [0.1, 0.15) is 0 Å². The normalized spacial score (nSPS) is 19.4. The number of hydrogen-bond donors (Lipinski definition) is 2. The number of hydrogen-bond acceptors (Lipinski definition) is 4. The molecule has 0 radical (unpaired) electrons. The van der Waals surface area contributed by atoms with Gasteiger partial charge < -0.3 is 20.2 Å². The first-order chi connectivity index (χ1) is 8.10. The second-order valence-corrected chi connectivity index (χ2v) is 4.17. The van der Waals surface area contributed by atoms with Gasteiger partial charge >= 0.3 is 0 Å². The number of piperazine rings is 1. The minimum absolute atomic E-state index is 0. The third kappa shape index (κ3) is 4.44. The molecule has 1 heterocycles. The molecule has 1 atom stereocenters. The first kappa shape index (κ1) is 17.2. The Hall–Kier alpha value is -0.850. The molecule has 1 aliphatic heterocycles. The molecular formula is C11H22ClN3O3. The average molecular weight is 280 g/mol. The van der Waals surface area contributed by atoms with Gasteiger partial charge in [-0.05, 0) is 6.92 Å². The third-order valence-corrected chi connectivity index (χ3v) is 3.00. The van der Waals surface area contributed by atoms with Crippen LogP contribution in [0.15, 0.2) is 0 Å². The Balaban J connectivity index is 0.00000289. The Morgan fingerprint density at radius 1 is 1.61 bits per heavy atom. The standard InChI is InChI=1S/C11H21N3O3.ClH/c1-3-14-5-4-12-9(11(14)17)8-10(16)13(2)6-7-15;/h9,12,15H,3-8H2,1-2H3;1H. The van der Waals surface area contributed by atoms with Crippen LogP contribution in [0.4, 0.5) is 0 Å². The second kappa shape index (κ2) is 8.29. The van der Waals surface area contributed by atoms with Crippen molar-refractivity contribution in [2.24, 2.45) is 0 Å². The molecule has 1 rings (SSSR count). The van der Waals surface area contributed by atoms with E-state index >= 15 is 0 Å². The minimum atomic E-state index is -0.419. The predicted molar refractivity (Wildman–Crippen MR) is 70.6 cm³/mol. The molecule has 6 nitrogen and oxygen atoms in total.